The Morgan fingerprint density at radius 1 is 1.27 bits per heavy atom. The lowest BCUT2D eigenvalue weighted by atomic mass is 9.80. The third kappa shape index (κ3) is 4.35. The summed E-state index contributed by atoms with van der Waals surface area (Å²) in [6.45, 7) is 7.14. The fraction of sp³-hybridized carbons (Fsp3) is 0.545. The van der Waals surface area contributed by atoms with Gasteiger partial charge in [0, 0.05) is 25.6 Å². The molecule has 1 aromatic carbocycles. The molecule has 1 aromatic rings. The van der Waals surface area contributed by atoms with Crippen LogP contribution in [0.3, 0.4) is 0 Å². The van der Waals surface area contributed by atoms with Crippen molar-refractivity contribution in [2.45, 2.75) is 57.4 Å². The molecule has 0 radical (unpaired) electrons. The Morgan fingerprint density at radius 2 is 2.00 bits per heavy atom. The first kappa shape index (κ1) is 18.7. The number of piperidine rings is 1. The zero-order chi connectivity index (χ0) is 18.5. The second-order valence-electron chi connectivity index (χ2n) is 7.71. The summed E-state index contributed by atoms with van der Waals surface area (Å²) in [5.74, 6) is 0.967. The topological polar surface area (TPSA) is 49.4 Å². The summed E-state index contributed by atoms with van der Waals surface area (Å²) in [6.07, 6.45) is 7.28. The third-order valence-electron chi connectivity index (χ3n) is 6.07. The van der Waals surface area contributed by atoms with Crippen molar-refractivity contribution in [1.29, 1.82) is 0 Å². The van der Waals surface area contributed by atoms with Crippen LogP contribution in [0.25, 0.3) is 0 Å². The Bertz CT molecular complexity index is 662. The van der Waals surface area contributed by atoms with Crippen LogP contribution in [0.5, 0.6) is 0 Å². The van der Waals surface area contributed by atoms with Crippen molar-refractivity contribution in [2.24, 2.45) is 5.92 Å². The number of hydrogen-bond donors (Lipinski definition) is 1. The molecule has 0 saturated carbocycles. The van der Waals surface area contributed by atoms with Gasteiger partial charge in [0.05, 0.1) is 0 Å². The first-order chi connectivity index (χ1) is 12.6. The lowest BCUT2D eigenvalue weighted by Crippen LogP contribution is -2.45. The van der Waals surface area contributed by atoms with Gasteiger partial charge in [-0.15, -0.1) is 0 Å². The maximum atomic E-state index is 12.8. The molecule has 26 heavy (non-hydrogen) atoms. The maximum Gasteiger partial charge on any atom is 0.243 e. The van der Waals surface area contributed by atoms with Gasteiger partial charge in [0.1, 0.15) is 0 Å². The Balaban J connectivity index is 1.52. The lowest BCUT2D eigenvalue weighted by molar-refractivity contribution is -0.133. The number of carbonyl (C=O) groups excluding carboxylic acids is 2. The van der Waals surface area contributed by atoms with Gasteiger partial charge in [-0.2, -0.15) is 0 Å². The summed E-state index contributed by atoms with van der Waals surface area (Å²) < 4.78 is 0. The molecule has 1 fully saturated rings. The second-order valence-corrected chi connectivity index (χ2v) is 7.71. The van der Waals surface area contributed by atoms with Crippen molar-refractivity contribution in [2.75, 3.05) is 13.1 Å². The average molecular weight is 354 g/mol. The molecule has 1 N–H and O–H groups in total. The highest BCUT2D eigenvalue weighted by molar-refractivity contribution is 5.87. The number of hydrogen-bond acceptors (Lipinski definition) is 2. The zero-order valence-electron chi connectivity index (χ0n) is 15.7. The van der Waals surface area contributed by atoms with Crippen molar-refractivity contribution in [1.82, 2.24) is 10.2 Å². The zero-order valence-corrected chi connectivity index (χ0v) is 15.7. The van der Waals surface area contributed by atoms with Crippen LogP contribution >= 0.6 is 0 Å². The molecule has 4 nitrogen and oxygen atoms in total. The van der Waals surface area contributed by atoms with Crippen molar-refractivity contribution < 1.29 is 9.59 Å². The summed E-state index contributed by atoms with van der Waals surface area (Å²) in [7, 11) is 0. The molecule has 1 saturated heterocycles. The fourth-order valence-corrected chi connectivity index (χ4v) is 4.46. The minimum absolute atomic E-state index is 0.119. The van der Waals surface area contributed by atoms with Crippen LogP contribution in [0.1, 0.15) is 56.1 Å². The molecule has 1 aliphatic carbocycles. The number of carbonyl (C=O) groups is 2. The predicted molar refractivity (Wildman–Crippen MR) is 104 cm³/mol. The van der Waals surface area contributed by atoms with Gasteiger partial charge in [-0.3, -0.25) is 9.59 Å². The second kappa shape index (κ2) is 8.52. The quantitative estimate of drug-likeness (QED) is 0.824. The van der Waals surface area contributed by atoms with Gasteiger partial charge in [0.2, 0.25) is 11.8 Å². The van der Waals surface area contributed by atoms with Crippen molar-refractivity contribution in [3.63, 3.8) is 0 Å². The molecular formula is C22H30N2O2. The minimum Gasteiger partial charge on any atom is -0.350 e. The van der Waals surface area contributed by atoms with Gasteiger partial charge in [-0.25, -0.2) is 0 Å². The van der Waals surface area contributed by atoms with E-state index in [1.807, 2.05) is 11.8 Å². The first-order valence-electron chi connectivity index (χ1n) is 9.87. The van der Waals surface area contributed by atoms with E-state index < -0.39 is 0 Å². The summed E-state index contributed by atoms with van der Waals surface area (Å²) in [6, 6.07) is 8.72. The van der Waals surface area contributed by atoms with Crippen LogP contribution < -0.4 is 5.32 Å². The van der Waals surface area contributed by atoms with E-state index in [1.165, 1.54) is 23.6 Å². The van der Waals surface area contributed by atoms with Gasteiger partial charge in [0.15, 0.2) is 0 Å². The minimum atomic E-state index is -0.119. The summed E-state index contributed by atoms with van der Waals surface area (Å²) >= 11 is 0. The molecule has 0 aromatic heterocycles. The number of likely N-dealkylation sites (tertiary alicyclic amines) is 1. The Labute approximate surface area is 156 Å². The molecule has 4 heteroatoms. The highest BCUT2D eigenvalue weighted by Gasteiger charge is 2.29. The van der Waals surface area contributed by atoms with E-state index in [9.17, 15) is 9.59 Å². The molecule has 1 aliphatic heterocycles. The standard InChI is InChI=1S/C22H30N2O2/c1-3-21(25)23-16(2)17-11-13-24(14-12-17)22(26)15-19-9-6-8-18-7-4-5-10-20(18)19/h3-5,7,10,16-17,19H,1,6,8-9,11-15H2,2H3,(H,23,25). The summed E-state index contributed by atoms with van der Waals surface area (Å²) in [5, 5.41) is 2.96. The number of rotatable bonds is 5. The van der Waals surface area contributed by atoms with Gasteiger partial charge in [-0.05, 0) is 68.1 Å². The van der Waals surface area contributed by atoms with Gasteiger partial charge in [0.25, 0.3) is 0 Å². The molecule has 2 aliphatic rings. The van der Waals surface area contributed by atoms with E-state index in [-0.39, 0.29) is 17.9 Å². The first-order valence-corrected chi connectivity index (χ1v) is 9.87. The maximum absolute atomic E-state index is 12.8. The van der Waals surface area contributed by atoms with E-state index in [2.05, 4.69) is 36.2 Å². The monoisotopic (exact) mass is 354 g/mol. The van der Waals surface area contributed by atoms with Crippen LogP contribution in [0.2, 0.25) is 0 Å². The fourth-order valence-electron chi connectivity index (χ4n) is 4.46. The molecule has 3 rings (SSSR count). The van der Waals surface area contributed by atoms with E-state index >= 15 is 0 Å². The molecular weight excluding hydrogens is 324 g/mol. The number of nitrogens with one attached hydrogen (secondary N) is 1. The molecule has 2 atom stereocenters. The van der Waals surface area contributed by atoms with Crippen LogP contribution in [0.4, 0.5) is 0 Å². The normalized spacial score (nSPS) is 21.6. The van der Waals surface area contributed by atoms with Crippen LogP contribution in [-0.2, 0) is 16.0 Å². The van der Waals surface area contributed by atoms with E-state index in [4.69, 9.17) is 0 Å². The van der Waals surface area contributed by atoms with Crippen LogP contribution in [0, 0.1) is 5.92 Å². The van der Waals surface area contributed by atoms with E-state index in [1.54, 1.807) is 0 Å². The highest BCUT2D eigenvalue weighted by Crippen LogP contribution is 2.34. The van der Waals surface area contributed by atoms with Crippen LogP contribution in [0.15, 0.2) is 36.9 Å². The predicted octanol–water partition coefficient (Wildman–Crippen LogP) is 3.43. The molecule has 0 bridgehead atoms. The number of fused-ring (bicyclic) bond motifs is 1. The number of amides is 2. The van der Waals surface area contributed by atoms with Crippen molar-refractivity contribution in [3.05, 3.63) is 48.0 Å². The molecule has 1 heterocycles. The summed E-state index contributed by atoms with van der Waals surface area (Å²) in [5.41, 5.74) is 2.80. The molecule has 140 valence electrons. The lowest BCUT2D eigenvalue weighted by Gasteiger charge is -2.36. The molecule has 0 spiro atoms. The van der Waals surface area contributed by atoms with E-state index in [0.29, 0.717) is 18.3 Å². The van der Waals surface area contributed by atoms with Gasteiger partial charge < -0.3 is 10.2 Å². The molecule has 2 amide bonds. The molecule has 2 unspecified atom stereocenters. The third-order valence-corrected chi connectivity index (χ3v) is 6.07. The SMILES string of the molecule is C=CC(=O)NC(C)C1CCN(C(=O)CC2CCCc3ccccc32)CC1. The average Bonchev–Trinajstić information content (AvgIpc) is 2.68. The van der Waals surface area contributed by atoms with E-state index in [0.717, 1.165) is 38.8 Å². The highest BCUT2D eigenvalue weighted by atomic mass is 16.2. The summed E-state index contributed by atoms with van der Waals surface area (Å²) in [4.78, 5) is 26.3. The van der Waals surface area contributed by atoms with Crippen molar-refractivity contribution in [3.8, 4) is 0 Å². The Kier molecular flexibility index (Phi) is 6.12. The van der Waals surface area contributed by atoms with Gasteiger partial charge in [-0.1, -0.05) is 30.8 Å². The number of aryl methyl sites for hydroxylation is 1. The number of benzene rings is 1. The largest absolute Gasteiger partial charge is 0.350 e. The Hall–Kier alpha value is -2.10. The smallest absolute Gasteiger partial charge is 0.243 e. The van der Waals surface area contributed by atoms with Gasteiger partial charge >= 0.3 is 0 Å². The number of nitrogens with zero attached hydrogens (tertiary/aromatic N) is 1. The Morgan fingerprint density at radius 3 is 2.73 bits per heavy atom. The van der Waals surface area contributed by atoms with Crippen LogP contribution in [-0.4, -0.2) is 35.8 Å². The van der Waals surface area contributed by atoms with Crippen molar-refractivity contribution >= 4 is 11.8 Å².